The second kappa shape index (κ2) is 4.76. The highest BCUT2D eigenvalue weighted by molar-refractivity contribution is 7.22. The van der Waals surface area contributed by atoms with Gasteiger partial charge in [0, 0.05) is 32.2 Å². The fourth-order valence-corrected chi connectivity index (χ4v) is 4.04. The molecule has 0 spiro atoms. The van der Waals surface area contributed by atoms with Crippen LogP contribution in [0, 0.1) is 0 Å². The molecule has 0 bridgehead atoms. The Hall–Kier alpha value is -1.13. The first-order valence-electron chi connectivity index (χ1n) is 7.25. The number of hydrogen-bond donors (Lipinski definition) is 0. The molecule has 4 heteroatoms. The zero-order valence-corrected chi connectivity index (χ0v) is 11.9. The van der Waals surface area contributed by atoms with E-state index in [4.69, 9.17) is 4.98 Å². The van der Waals surface area contributed by atoms with E-state index < -0.39 is 0 Å². The van der Waals surface area contributed by atoms with Crippen LogP contribution in [0.3, 0.4) is 0 Å². The summed E-state index contributed by atoms with van der Waals surface area (Å²) in [7, 11) is 0. The Morgan fingerprint density at radius 2 is 1.84 bits per heavy atom. The second-order valence-corrected chi connectivity index (χ2v) is 6.58. The smallest absolute Gasteiger partial charge is 0.186 e. The van der Waals surface area contributed by atoms with Crippen molar-refractivity contribution in [3.8, 4) is 0 Å². The highest BCUT2D eigenvalue weighted by Gasteiger charge is 2.28. The van der Waals surface area contributed by atoms with Crippen LogP contribution in [0.15, 0.2) is 24.3 Å². The van der Waals surface area contributed by atoms with Gasteiger partial charge in [-0.15, -0.1) is 0 Å². The minimum Gasteiger partial charge on any atom is -0.345 e. The van der Waals surface area contributed by atoms with Gasteiger partial charge in [-0.25, -0.2) is 4.98 Å². The Kier molecular flexibility index (Phi) is 2.93. The first-order chi connectivity index (χ1) is 9.40. The lowest BCUT2D eigenvalue weighted by Crippen LogP contribution is -2.52. The molecule has 4 rings (SSSR count). The molecule has 1 aliphatic heterocycles. The van der Waals surface area contributed by atoms with Crippen LogP contribution in [0.25, 0.3) is 10.2 Å². The number of benzene rings is 1. The monoisotopic (exact) mass is 273 g/mol. The molecule has 1 saturated heterocycles. The molecule has 19 heavy (non-hydrogen) atoms. The lowest BCUT2D eigenvalue weighted by Gasteiger charge is -2.42. The van der Waals surface area contributed by atoms with Crippen LogP contribution in [0.1, 0.15) is 19.3 Å². The maximum absolute atomic E-state index is 4.77. The number of aromatic nitrogens is 1. The summed E-state index contributed by atoms with van der Waals surface area (Å²) < 4.78 is 1.30. The van der Waals surface area contributed by atoms with Crippen molar-refractivity contribution < 1.29 is 0 Å². The summed E-state index contributed by atoms with van der Waals surface area (Å²) in [6.07, 6.45) is 4.27. The first kappa shape index (κ1) is 11.7. The van der Waals surface area contributed by atoms with Crippen LogP contribution < -0.4 is 4.90 Å². The minimum absolute atomic E-state index is 0.887. The normalized spacial score (nSPS) is 21.8. The van der Waals surface area contributed by atoms with Crippen LogP contribution >= 0.6 is 11.3 Å². The zero-order valence-electron chi connectivity index (χ0n) is 11.1. The van der Waals surface area contributed by atoms with Gasteiger partial charge in [-0.2, -0.15) is 0 Å². The first-order valence-corrected chi connectivity index (χ1v) is 8.06. The van der Waals surface area contributed by atoms with Crippen LogP contribution in [-0.2, 0) is 0 Å². The fraction of sp³-hybridized carbons (Fsp3) is 0.533. The van der Waals surface area contributed by atoms with Gasteiger partial charge in [0.15, 0.2) is 5.13 Å². The molecule has 100 valence electrons. The molecule has 0 atom stereocenters. The number of rotatable bonds is 2. The summed E-state index contributed by atoms with van der Waals surface area (Å²) in [6, 6.07) is 9.33. The van der Waals surface area contributed by atoms with E-state index in [1.54, 1.807) is 0 Å². The van der Waals surface area contributed by atoms with E-state index in [-0.39, 0.29) is 0 Å². The molecule has 1 aromatic carbocycles. The molecule has 3 nitrogen and oxygen atoms in total. The number of thiazole rings is 1. The lowest BCUT2D eigenvalue weighted by atomic mass is 9.91. The van der Waals surface area contributed by atoms with Crippen molar-refractivity contribution in [3.05, 3.63) is 24.3 Å². The molecule has 0 unspecified atom stereocenters. The average Bonchev–Trinajstić information content (AvgIpc) is 2.81. The van der Waals surface area contributed by atoms with Crippen molar-refractivity contribution in [2.45, 2.75) is 25.3 Å². The number of anilines is 1. The number of piperazine rings is 1. The summed E-state index contributed by atoms with van der Waals surface area (Å²) in [5.41, 5.74) is 1.14. The van der Waals surface area contributed by atoms with Crippen molar-refractivity contribution in [1.29, 1.82) is 0 Å². The molecule has 1 saturated carbocycles. The lowest BCUT2D eigenvalue weighted by molar-refractivity contribution is 0.120. The Balaban J connectivity index is 1.48. The highest BCUT2D eigenvalue weighted by Crippen LogP contribution is 2.30. The van der Waals surface area contributed by atoms with Crippen LogP contribution in [0.4, 0.5) is 5.13 Å². The van der Waals surface area contributed by atoms with Crippen molar-refractivity contribution in [1.82, 2.24) is 9.88 Å². The van der Waals surface area contributed by atoms with Gasteiger partial charge in [0.1, 0.15) is 0 Å². The summed E-state index contributed by atoms with van der Waals surface area (Å²) in [6.45, 7) is 4.69. The average molecular weight is 273 g/mol. The van der Waals surface area contributed by atoms with E-state index in [1.807, 2.05) is 11.3 Å². The highest BCUT2D eigenvalue weighted by atomic mass is 32.1. The van der Waals surface area contributed by atoms with E-state index in [9.17, 15) is 0 Å². The van der Waals surface area contributed by atoms with Gasteiger partial charge in [0.05, 0.1) is 10.2 Å². The molecule has 2 heterocycles. The Morgan fingerprint density at radius 3 is 2.53 bits per heavy atom. The van der Waals surface area contributed by atoms with Gasteiger partial charge < -0.3 is 4.90 Å². The molecular weight excluding hydrogens is 254 g/mol. The van der Waals surface area contributed by atoms with E-state index >= 15 is 0 Å². The minimum atomic E-state index is 0.887. The molecule has 2 aromatic rings. The van der Waals surface area contributed by atoms with Gasteiger partial charge in [-0.05, 0) is 25.0 Å². The third kappa shape index (κ3) is 2.13. The van der Waals surface area contributed by atoms with Crippen molar-refractivity contribution in [3.63, 3.8) is 0 Å². The Morgan fingerprint density at radius 1 is 1.05 bits per heavy atom. The topological polar surface area (TPSA) is 19.4 Å². The van der Waals surface area contributed by atoms with Gasteiger partial charge in [0.25, 0.3) is 0 Å². The number of hydrogen-bond acceptors (Lipinski definition) is 4. The van der Waals surface area contributed by atoms with Gasteiger partial charge in [0.2, 0.25) is 0 Å². The number of fused-ring (bicyclic) bond motifs is 1. The fourth-order valence-electron chi connectivity index (χ4n) is 3.03. The summed E-state index contributed by atoms with van der Waals surface area (Å²) >= 11 is 1.83. The predicted molar refractivity (Wildman–Crippen MR) is 81.0 cm³/mol. The van der Waals surface area contributed by atoms with Crippen LogP contribution in [-0.4, -0.2) is 42.1 Å². The Bertz CT molecular complexity index is 535. The van der Waals surface area contributed by atoms with Gasteiger partial charge in [-0.3, -0.25) is 4.90 Å². The summed E-state index contributed by atoms with van der Waals surface area (Å²) in [5, 5.41) is 1.20. The standard InChI is InChI=1S/C15H19N3S/c1-2-7-14-13(6-1)16-15(19-14)18-10-8-17(9-11-18)12-4-3-5-12/h1-2,6-7,12H,3-5,8-11H2. The molecular formula is C15H19N3S. The van der Waals surface area contributed by atoms with E-state index in [2.05, 4.69) is 34.1 Å². The summed E-state index contributed by atoms with van der Waals surface area (Å²) in [5.74, 6) is 0. The largest absolute Gasteiger partial charge is 0.345 e. The van der Waals surface area contributed by atoms with Gasteiger partial charge >= 0.3 is 0 Å². The number of nitrogens with zero attached hydrogens (tertiary/aromatic N) is 3. The molecule has 1 aliphatic carbocycles. The molecule has 1 aromatic heterocycles. The quantitative estimate of drug-likeness (QED) is 0.838. The molecule has 2 fully saturated rings. The van der Waals surface area contributed by atoms with Crippen LogP contribution in [0.5, 0.6) is 0 Å². The molecule has 0 amide bonds. The molecule has 0 N–H and O–H groups in total. The molecule has 0 radical (unpaired) electrons. The van der Waals surface area contributed by atoms with E-state index in [1.165, 1.54) is 42.2 Å². The maximum Gasteiger partial charge on any atom is 0.186 e. The zero-order chi connectivity index (χ0) is 12.7. The van der Waals surface area contributed by atoms with Gasteiger partial charge in [-0.1, -0.05) is 29.9 Å². The van der Waals surface area contributed by atoms with Crippen molar-refractivity contribution in [2.75, 3.05) is 31.1 Å². The number of para-hydroxylation sites is 1. The van der Waals surface area contributed by atoms with E-state index in [0.29, 0.717) is 0 Å². The Labute approximate surface area is 117 Å². The van der Waals surface area contributed by atoms with Crippen molar-refractivity contribution in [2.24, 2.45) is 0 Å². The third-order valence-corrected chi connectivity index (χ3v) is 5.56. The summed E-state index contributed by atoms with van der Waals surface area (Å²) in [4.78, 5) is 9.90. The second-order valence-electron chi connectivity index (χ2n) is 5.57. The SMILES string of the molecule is c1ccc2sc(N3CCN(C4CCC4)CC3)nc2c1. The van der Waals surface area contributed by atoms with Crippen LogP contribution in [0.2, 0.25) is 0 Å². The maximum atomic E-state index is 4.77. The molecule has 2 aliphatic rings. The predicted octanol–water partition coefficient (Wildman–Crippen LogP) is 2.97. The van der Waals surface area contributed by atoms with E-state index in [0.717, 1.165) is 24.6 Å². The van der Waals surface area contributed by atoms with Crippen molar-refractivity contribution >= 4 is 26.7 Å². The third-order valence-electron chi connectivity index (χ3n) is 4.46.